The van der Waals surface area contributed by atoms with E-state index in [0.717, 1.165) is 5.56 Å². The van der Waals surface area contributed by atoms with Crippen LogP contribution in [0.1, 0.15) is 22.5 Å². The van der Waals surface area contributed by atoms with E-state index >= 15 is 0 Å². The third kappa shape index (κ3) is 3.07. The summed E-state index contributed by atoms with van der Waals surface area (Å²) in [7, 11) is 0. The number of hydrogen-bond acceptors (Lipinski definition) is 5. The Morgan fingerprint density at radius 1 is 1.15 bits per heavy atom. The minimum atomic E-state index is -1.17. The Bertz CT molecular complexity index is 922. The SMILES string of the molecule is O=C(NCC1(O)CCOc2ccccc21)c1cc(-c2ccccc2)on1. The molecule has 6 nitrogen and oxygen atoms in total. The van der Waals surface area contributed by atoms with Crippen molar-refractivity contribution in [3.63, 3.8) is 0 Å². The normalized spacial score (nSPS) is 18.7. The fourth-order valence-corrected chi connectivity index (χ4v) is 3.06. The van der Waals surface area contributed by atoms with Crippen LogP contribution in [0.25, 0.3) is 11.3 Å². The van der Waals surface area contributed by atoms with E-state index in [0.29, 0.717) is 30.1 Å². The molecule has 0 spiro atoms. The van der Waals surface area contributed by atoms with E-state index in [1.165, 1.54) is 0 Å². The van der Waals surface area contributed by atoms with Gasteiger partial charge in [0.15, 0.2) is 11.5 Å². The molecule has 6 heteroatoms. The number of aliphatic hydroxyl groups is 1. The van der Waals surface area contributed by atoms with Gasteiger partial charge in [-0.3, -0.25) is 4.79 Å². The Hall–Kier alpha value is -3.12. The first-order chi connectivity index (χ1) is 12.7. The van der Waals surface area contributed by atoms with Gasteiger partial charge in [-0.15, -0.1) is 0 Å². The third-order valence-corrected chi connectivity index (χ3v) is 4.50. The Morgan fingerprint density at radius 2 is 1.92 bits per heavy atom. The third-order valence-electron chi connectivity index (χ3n) is 4.50. The van der Waals surface area contributed by atoms with Crippen molar-refractivity contribution in [1.29, 1.82) is 0 Å². The van der Waals surface area contributed by atoms with Crippen LogP contribution in [0.5, 0.6) is 5.75 Å². The highest BCUT2D eigenvalue weighted by Crippen LogP contribution is 2.36. The molecule has 1 atom stereocenters. The lowest BCUT2D eigenvalue weighted by molar-refractivity contribution is -0.00167. The summed E-state index contributed by atoms with van der Waals surface area (Å²) in [6, 6.07) is 18.3. The number of para-hydroxylation sites is 1. The largest absolute Gasteiger partial charge is 0.493 e. The minimum absolute atomic E-state index is 0.0692. The number of amides is 1. The molecule has 3 aromatic rings. The summed E-state index contributed by atoms with van der Waals surface area (Å²) in [5.41, 5.74) is 0.525. The molecule has 0 aliphatic carbocycles. The molecule has 1 aliphatic rings. The highest BCUT2D eigenvalue weighted by atomic mass is 16.5. The van der Waals surface area contributed by atoms with Crippen molar-refractivity contribution < 1.29 is 19.2 Å². The monoisotopic (exact) mass is 350 g/mol. The lowest BCUT2D eigenvalue weighted by Gasteiger charge is -2.34. The summed E-state index contributed by atoms with van der Waals surface area (Å²) in [5.74, 6) is 0.766. The number of fused-ring (bicyclic) bond motifs is 1. The predicted molar refractivity (Wildman–Crippen MR) is 94.7 cm³/mol. The molecule has 1 aliphatic heterocycles. The van der Waals surface area contributed by atoms with Crippen LogP contribution in [-0.2, 0) is 5.60 Å². The van der Waals surface area contributed by atoms with Gasteiger partial charge in [0, 0.05) is 23.6 Å². The van der Waals surface area contributed by atoms with Gasteiger partial charge in [-0.25, -0.2) is 0 Å². The van der Waals surface area contributed by atoms with Crippen molar-refractivity contribution in [1.82, 2.24) is 10.5 Å². The molecule has 2 aromatic carbocycles. The lowest BCUT2D eigenvalue weighted by Crippen LogP contribution is -2.44. The molecule has 0 fully saturated rings. The molecule has 1 unspecified atom stereocenters. The average molecular weight is 350 g/mol. The van der Waals surface area contributed by atoms with Gasteiger partial charge in [0.05, 0.1) is 13.2 Å². The van der Waals surface area contributed by atoms with Gasteiger partial charge in [0.25, 0.3) is 5.91 Å². The molecule has 0 saturated heterocycles. The average Bonchev–Trinajstić information content (AvgIpc) is 3.18. The lowest BCUT2D eigenvalue weighted by atomic mass is 9.88. The molecule has 2 N–H and O–H groups in total. The van der Waals surface area contributed by atoms with E-state index in [4.69, 9.17) is 9.26 Å². The van der Waals surface area contributed by atoms with Gasteiger partial charge in [-0.2, -0.15) is 0 Å². The number of carbonyl (C=O) groups excluding carboxylic acids is 1. The Labute approximate surface area is 150 Å². The standard InChI is InChI=1S/C20H18N2O4/c23-19(16-12-18(26-22-16)14-6-2-1-3-7-14)21-13-20(24)10-11-25-17-9-5-4-8-15(17)20/h1-9,12,24H,10-11,13H2,(H,21,23). The zero-order valence-electron chi connectivity index (χ0n) is 14.0. The number of rotatable bonds is 4. The molecule has 1 aromatic heterocycles. The van der Waals surface area contributed by atoms with Crippen LogP contribution >= 0.6 is 0 Å². The highest BCUT2D eigenvalue weighted by molar-refractivity contribution is 5.93. The summed E-state index contributed by atoms with van der Waals surface area (Å²) < 4.78 is 10.8. The van der Waals surface area contributed by atoms with Crippen LogP contribution in [0.2, 0.25) is 0 Å². The van der Waals surface area contributed by atoms with E-state index in [2.05, 4.69) is 10.5 Å². The van der Waals surface area contributed by atoms with Crippen molar-refractivity contribution in [3.8, 4) is 17.1 Å². The second kappa shape index (κ2) is 6.65. The van der Waals surface area contributed by atoms with E-state index in [-0.39, 0.29) is 12.2 Å². The Balaban J connectivity index is 1.47. The summed E-state index contributed by atoms with van der Waals surface area (Å²) in [4.78, 5) is 12.4. The number of aromatic nitrogens is 1. The fourth-order valence-electron chi connectivity index (χ4n) is 3.06. The van der Waals surface area contributed by atoms with E-state index in [1.54, 1.807) is 6.07 Å². The first-order valence-electron chi connectivity index (χ1n) is 8.41. The zero-order valence-corrected chi connectivity index (χ0v) is 14.0. The van der Waals surface area contributed by atoms with Crippen molar-refractivity contribution in [2.24, 2.45) is 0 Å². The van der Waals surface area contributed by atoms with E-state index < -0.39 is 11.5 Å². The topological polar surface area (TPSA) is 84.6 Å². The first-order valence-corrected chi connectivity index (χ1v) is 8.41. The zero-order chi connectivity index (χ0) is 18.0. The molecule has 2 heterocycles. The summed E-state index contributed by atoms with van der Waals surface area (Å²) in [5, 5.41) is 17.5. The van der Waals surface area contributed by atoms with Crippen molar-refractivity contribution in [2.75, 3.05) is 13.2 Å². The maximum absolute atomic E-state index is 12.4. The molecule has 26 heavy (non-hydrogen) atoms. The smallest absolute Gasteiger partial charge is 0.273 e. The molecular formula is C20H18N2O4. The molecule has 0 radical (unpaired) electrons. The van der Waals surface area contributed by atoms with Crippen molar-refractivity contribution in [2.45, 2.75) is 12.0 Å². The molecule has 0 bridgehead atoms. The first kappa shape index (κ1) is 16.4. The second-order valence-corrected chi connectivity index (χ2v) is 6.25. The predicted octanol–water partition coefficient (Wildman–Crippen LogP) is 2.74. The van der Waals surface area contributed by atoms with E-state index in [1.807, 2.05) is 54.6 Å². The van der Waals surface area contributed by atoms with Crippen molar-refractivity contribution >= 4 is 5.91 Å². The molecule has 1 amide bonds. The highest BCUT2D eigenvalue weighted by Gasteiger charge is 2.36. The van der Waals surface area contributed by atoms with Gasteiger partial charge in [-0.05, 0) is 6.07 Å². The summed E-state index contributed by atoms with van der Waals surface area (Å²) in [6.07, 6.45) is 0.401. The van der Waals surface area contributed by atoms with Gasteiger partial charge < -0.3 is 19.7 Å². The van der Waals surface area contributed by atoms with E-state index in [9.17, 15) is 9.90 Å². The quantitative estimate of drug-likeness (QED) is 0.756. The number of nitrogens with zero attached hydrogens (tertiary/aromatic N) is 1. The maximum atomic E-state index is 12.4. The second-order valence-electron chi connectivity index (χ2n) is 6.25. The fraction of sp³-hybridized carbons (Fsp3) is 0.200. The number of benzene rings is 2. The molecule has 0 saturated carbocycles. The van der Waals surface area contributed by atoms with Gasteiger partial charge in [-0.1, -0.05) is 53.7 Å². The van der Waals surface area contributed by atoms with Crippen molar-refractivity contribution in [3.05, 3.63) is 71.9 Å². The van der Waals surface area contributed by atoms with Crippen LogP contribution in [0.4, 0.5) is 0 Å². The summed E-state index contributed by atoms with van der Waals surface area (Å²) >= 11 is 0. The Morgan fingerprint density at radius 3 is 2.77 bits per heavy atom. The van der Waals surface area contributed by atoms with Crippen LogP contribution < -0.4 is 10.1 Å². The van der Waals surface area contributed by atoms with Crippen LogP contribution in [0.15, 0.2) is 65.2 Å². The Kier molecular flexibility index (Phi) is 4.18. The number of nitrogens with one attached hydrogen (secondary N) is 1. The molecule has 4 rings (SSSR count). The molecule has 132 valence electrons. The van der Waals surface area contributed by atoms with Crippen LogP contribution in [0.3, 0.4) is 0 Å². The van der Waals surface area contributed by atoms with Gasteiger partial charge in [0.1, 0.15) is 11.4 Å². The van der Waals surface area contributed by atoms with Gasteiger partial charge >= 0.3 is 0 Å². The van der Waals surface area contributed by atoms with Gasteiger partial charge in [0.2, 0.25) is 0 Å². The maximum Gasteiger partial charge on any atom is 0.273 e. The minimum Gasteiger partial charge on any atom is -0.493 e. The summed E-state index contributed by atoms with van der Waals surface area (Å²) in [6.45, 7) is 0.464. The number of ether oxygens (including phenoxy) is 1. The molecular weight excluding hydrogens is 332 g/mol. The number of carbonyl (C=O) groups is 1. The van der Waals surface area contributed by atoms with Crippen LogP contribution in [-0.4, -0.2) is 29.3 Å². The number of hydrogen-bond donors (Lipinski definition) is 2. The van der Waals surface area contributed by atoms with Crippen LogP contribution in [0, 0.1) is 0 Å².